The molecular formula is C19H20N6OS. The standard InChI is InChI=1S/C19H20N6OS/c1-3-7-14-12-17(26)25-19(22-14)27-18(23-25)21-13(2)15-8-4-5-9-16(15)24-11-6-10-20-24/h4-6,8-13H,3,7H2,1-2H3,(H,21,23). The van der Waals surface area contributed by atoms with E-state index in [1.165, 1.54) is 15.9 Å². The van der Waals surface area contributed by atoms with E-state index < -0.39 is 0 Å². The van der Waals surface area contributed by atoms with Crippen LogP contribution in [0, 0.1) is 0 Å². The highest BCUT2D eigenvalue weighted by atomic mass is 32.1. The monoisotopic (exact) mass is 380 g/mol. The molecule has 0 spiro atoms. The van der Waals surface area contributed by atoms with Gasteiger partial charge in [0.2, 0.25) is 10.1 Å². The minimum absolute atomic E-state index is 0.0169. The van der Waals surface area contributed by atoms with Crippen molar-refractivity contribution in [1.29, 1.82) is 0 Å². The summed E-state index contributed by atoms with van der Waals surface area (Å²) in [6.45, 7) is 4.13. The Bertz CT molecular complexity index is 1110. The van der Waals surface area contributed by atoms with Gasteiger partial charge < -0.3 is 5.32 Å². The number of hydrogen-bond acceptors (Lipinski definition) is 6. The average Bonchev–Trinajstić information content (AvgIpc) is 3.32. The van der Waals surface area contributed by atoms with Crippen LogP contribution in [0.1, 0.15) is 37.6 Å². The maximum Gasteiger partial charge on any atom is 0.275 e. The van der Waals surface area contributed by atoms with Gasteiger partial charge in [0, 0.05) is 24.2 Å². The summed E-state index contributed by atoms with van der Waals surface area (Å²) < 4.78 is 3.20. The molecule has 4 aromatic rings. The number of anilines is 1. The minimum atomic E-state index is -0.141. The number of hydrogen-bond donors (Lipinski definition) is 1. The largest absolute Gasteiger partial charge is 0.353 e. The summed E-state index contributed by atoms with van der Waals surface area (Å²) in [6.07, 6.45) is 5.42. The van der Waals surface area contributed by atoms with Crippen molar-refractivity contribution in [3.8, 4) is 5.69 Å². The maximum atomic E-state index is 12.3. The van der Waals surface area contributed by atoms with Crippen molar-refractivity contribution < 1.29 is 0 Å². The zero-order chi connectivity index (χ0) is 18.8. The van der Waals surface area contributed by atoms with Gasteiger partial charge in [-0.2, -0.15) is 9.61 Å². The Labute approximate surface area is 160 Å². The van der Waals surface area contributed by atoms with Gasteiger partial charge in [-0.1, -0.05) is 42.9 Å². The van der Waals surface area contributed by atoms with E-state index in [0.29, 0.717) is 10.1 Å². The van der Waals surface area contributed by atoms with E-state index in [1.54, 1.807) is 12.3 Å². The molecule has 0 radical (unpaired) electrons. The molecule has 0 aliphatic heterocycles. The molecule has 1 N–H and O–H groups in total. The fraction of sp³-hybridized carbons (Fsp3) is 0.263. The van der Waals surface area contributed by atoms with Crippen LogP contribution in [-0.2, 0) is 6.42 Å². The molecule has 4 rings (SSSR count). The number of aryl methyl sites for hydroxylation is 1. The minimum Gasteiger partial charge on any atom is -0.353 e. The van der Waals surface area contributed by atoms with Crippen LogP contribution in [0.25, 0.3) is 10.6 Å². The highest BCUT2D eigenvalue weighted by Crippen LogP contribution is 2.26. The zero-order valence-electron chi connectivity index (χ0n) is 15.2. The van der Waals surface area contributed by atoms with Gasteiger partial charge in [0.25, 0.3) is 5.56 Å². The summed E-state index contributed by atoms with van der Waals surface area (Å²) >= 11 is 1.38. The molecule has 3 heterocycles. The fourth-order valence-electron chi connectivity index (χ4n) is 3.04. The summed E-state index contributed by atoms with van der Waals surface area (Å²) in [7, 11) is 0. The first-order chi connectivity index (χ1) is 13.2. The molecule has 0 aliphatic carbocycles. The Morgan fingerprint density at radius 3 is 2.89 bits per heavy atom. The number of benzene rings is 1. The number of fused-ring (bicyclic) bond motifs is 1. The molecule has 1 unspecified atom stereocenters. The van der Waals surface area contributed by atoms with Crippen molar-refractivity contribution in [2.24, 2.45) is 0 Å². The molecular weight excluding hydrogens is 360 g/mol. The van der Waals surface area contributed by atoms with E-state index in [0.717, 1.165) is 29.8 Å². The Morgan fingerprint density at radius 1 is 1.26 bits per heavy atom. The van der Waals surface area contributed by atoms with E-state index in [-0.39, 0.29) is 11.6 Å². The van der Waals surface area contributed by atoms with Crippen molar-refractivity contribution in [2.45, 2.75) is 32.7 Å². The van der Waals surface area contributed by atoms with Crippen LogP contribution in [0.4, 0.5) is 5.13 Å². The number of nitrogens with one attached hydrogen (secondary N) is 1. The normalized spacial score (nSPS) is 12.4. The van der Waals surface area contributed by atoms with Crippen LogP contribution >= 0.6 is 11.3 Å². The SMILES string of the molecule is CCCc1cc(=O)n2nc(NC(C)c3ccccc3-n3cccn3)sc2n1. The number of nitrogens with zero attached hydrogens (tertiary/aromatic N) is 5. The summed E-state index contributed by atoms with van der Waals surface area (Å²) in [5, 5.41) is 12.8. The lowest BCUT2D eigenvalue weighted by molar-refractivity contribution is 0.804. The molecule has 0 aliphatic rings. The Balaban J connectivity index is 1.65. The van der Waals surface area contributed by atoms with Gasteiger partial charge in [-0.3, -0.25) is 4.79 Å². The van der Waals surface area contributed by atoms with Crippen molar-refractivity contribution >= 4 is 21.4 Å². The van der Waals surface area contributed by atoms with Gasteiger partial charge in [0.1, 0.15) is 0 Å². The quantitative estimate of drug-likeness (QED) is 0.554. The van der Waals surface area contributed by atoms with Crippen LogP contribution < -0.4 is 10.9 Å². The summed E-state index contributed by atoms with van der Waals surface area (Å²) in [5.74, 6) is 0. The molecule has 0 saturated heterocycles. The second-order valence-corrected chi connectivity index (χ2v) is 7.27. The molecule has 8 heteroatoms. The highest BCUT2D eigenvalue weighted by molar-refractivity contribution is 7.20. The van der Waals surface area contributed by atoms with Crippen LogP contribution in [-0.4, -0.2) is 24.4 Å². The van der Waals surface area contributed by atoms with Gasteiger partial charge in [0.15, 0.2) is 0 Å². The van der Waals surface area contributed by atoms with Crippen molar-refractivity contribution in [1.82, 2.24) is 24.4 Å². The predicted octanol–water partition coefficient (Wildman–Crippen LogP) is 3.46. The lowest BCUT2D eigenvalue weighted by Gasteiger charge is -2.17. The maximum absolute atomic E-state index is 12.3. The summed E-state index contributed by atoms with van der Waals surface area (Å²) in [5.41, 5.74) is 2.77. The third-order valence-corrected chi connectivity index (χ3v) is 5.14. The third-order valence-electron chi connectivity index (χ3n) is 4.30. The van der Waals surface area contributed by atoms with Crippen molar-refractivity contribution in [3.05, 3.63) is 70.4 Å². The molecule has 0 bridgehead atoms. The second-order valence-electron chi connectivity index (χ2n) is 6.31. The Morgan fingerprint density at radius 2 is 2.11 bits per heavy atom. The average molecular weight is 380 g/mol. The van der Waals surface area contributed by atoms with E-state index in [4.69, 9.17) is 0 Å². The van der Waals surface area contributed by atoms with Gasteiger partial charge in [-0.25, -0.2) is 9.67 Å². The molecule has 7 nitrogen and oxygen atoms in total. The van der Waals surface area contributed by atoms with Crippen LogP contribution in [0.3, 0.4) is 0 Å². The molecule has 3 aromatic heterocycles. The van der Waals surface area contributed by atoms with Crippen molar-refractivity contribution in [3.63, 3.8) is 0 Å². The third kappa shape index (κ3) is 3.48. The number of aromatic nitrogens is 5. The predicted molar refractivity (Wildman–Crippen MR) is 107 cm³/mol. The van der Waals surface area contributed by atoms with Gasteiger partial charge in [-0.15, -0.1) is 5.10 Å². The zero-order valence-corrected chi connectivity index (χ0v) is 16.0. The molecule has 0 amide bonds. The summed E-state index contributed by atoms with van der Waals surface area (Å²) in [6, 6.07) is 11.5. The first-order valence-corrected chi connectivity index (χ1v) is 9.72. The first kappa shape index (κ1) is 17.4. The fourth-order valence-corrected chi connectivity index (χ4v) is 3.95. The van der Waals surface area contributed by atoms with Gasteiger partial charge >= 0.3 is 0 Å². The molecule has 27 heavy (non-hydrogen) atoms. The Kier molecular flexibility index (Phi) is 4.72. The van der Waals surface area contributed by atoms with Gasteiger partial charge in [-0.05, 0) is 31.0 Å². The van der Waals surface area contributed by atoms with Crippen LogP contribution in [0.5, 0.6) is 0 Å². The van der Waals surface area contributed by atoms with E-state index in [2.05, 4.69) is 40.4 Å². The number of para-hydroxylation sites is 1. The first-order valence-electron chi connectivity index (χ1n) is 8.91. The van der Waals surface area contributed by atoms with Crippen molar-refractivity contribution in [2.75, 3.05) is 5.32 Å². The smallest absolute Gasteiger partial charge is 0.275 e. The number of rotatable bonds is 6. The van der Waals surface area contributed by atoms with E-state index in [9.17, 15) is 4.79 Å². The lowest BCUT2D eigenvalue weighted by atomic mass is 10.1. The molecule has 0 saturated carbocycles. The van der Waals surface area contributed by atoms with Crippen LogP contribution in [0.2, 0.25) is 0 Å². The molecule has 1 atom stereocenters. The lowest BCUT2D eigenvalue weighted by Crippen LogP contribution is -2.16. The van der Waals surface area contributed by atoms with Crippen LogP contribution in [0.15, 0.2) is 53.6 Å². The molecule has 0 fully saturated rings. The topological polar surface area (TPSA) is 77.1 Å². The Hall–Kier alpha value is -3.00. The molecule has 138 valence electrons. The molecule has 1 aromatic carbocycles. The van der Waals surface area contributed by atoms with E-state index in [1.807, 2.05) is 35.1 Å². The summed E-state index contributed by atoms with van der Waals surface area (Å²) in [4.78, 5) is 17.4. The van der Waals surface area contributed by atoms with Gasteiger partial charge in [0.05, 0.1) is 11.7 Å². The van der Waals surface area contributed by atoms with E-state index >= 15 is 0 Å². The highest BCUT2D eigenvalue weighted by Gasteiger charge is 2.15. The second kappa shape index (κ2) is 7.32.